The molecule has 0 amide bonds. The molecule has 1 saturated carbocycles. The lowest BCUT2D eigenvalue weighted by Crippen LogP contribution is -2.56. The maximum absolute atomic E-state index is 11.7. The van der Waals surface area contributed by atoms with Crippen LogP contribution in [-0.4, -0.2) is 25.2 Å². The first-order valence-electron chi connectivity index (χ1n) is 5.13. The van der Waals surface area contributed by atoms with E-state index in [1.54, 1.807) is 0 Å². The van der Waals surface area contributed by atoms with Crippen LogP contribution in [0.5, 0.6) is 0 Å². The third-order valence-electron chi connectivity index (χ3n) is 3.54. The lowest BCUT2D eigenvalue weighted by Gasteiger charge is -2.40. The molecule has 2 fully saturated rings. The van der Waals surface area contributed by atoms with Crippen LogP contribution in [-0.2, 0) is 9.53 Å². The Bertz CT molecular complexity index is 205. The van der Waals surface area contributed by atoms with E-state index >= 15 is 0 Å². The van der Waals surface area contributed by atoms with Crippen molar-refractivity contribution in [3.8, 4) is 0 Å². The molecule has 0 aromatic rings. The van der Waals surface area contributed by atoms with Gasteiger partial charge in [-0.05, 0) is 38.1 Å². The summed E-state index contributed by atoms with van der Waals surface area (Å²) in [7, 11) is 1.49. The summed E-state index contributed by atoms with van der Waals surface area (Å²) in [5, 5.41) is 3.35. The van der Waals surface area contributed by atoms with E-state index in [0.29, 0.717) is 5.92 Å². The zero-order valence-corrected chi connectivity index (χ0v) is 8.14. The molecule has 0 aromatic heterocycles. The molecule has 0 radical (unpaired) electrons. The van der Waals surface area contributed by atoms with Gasteiger partial charge in [0.05, 0.1) is 7.11 Å². The molecule has 1 heterocycles. The summed E-state index contributed by atoms with van der Waals surface area (Å²) < 4.78 is 4.89. The highest BCUT2D eigenvalue weighted by molar-refractivity contribution is 5.81. The first-order valence-corrected chi connectivity index (χ1v) is 5.13. The number of rotatable bonds is 2. The number of nitrogens with one attached hydrogen (secondary N) is 1. The van der Waals surface area contributed by atoms with Crippen molar-refractivity contribution in [3.63, 3.8) is 0 Å². The molecule has 1 atom stereocenters. The van der Waals surface area contributed by atoms with Crippen LogP contribution in [0.25, 0.3) is 0 Å². The van der Waals surface area contributed by atoms with Crippen molar-refractivity contribution in [2.45, 2.75) is 37.6 Å². The Hall–Kier alpha value is -0.570. The minimum Gasteiger partial charge on any atom is -0.468 e. The lowest BCUT2D eigenvalue weighted by molar-refractivity contribution is -0.152. The van der Waals surface area contributed by atoms with Gasteiger partial charge in [-0.25, -0.2) is 0 Å². The van der Waals surface area contributed by atoms with E-state index in [9.17, 15) is 4.79 Å². The highest BCUT2D eigenvalue weighted by Crippen LogP contribution is 2.41. The van der Waals surface area contributed by atoms with Crippen molar-refractivity contribution >= 4 is 5.97 Å². The summed E-state index contributed by atoms with van der Waals surface area (Å²) in [6.45, 7) is 0.964. The van der Waals surface area contributed by atoms with E-state index in [2.05, 4.69) is 5.32 Å². The molecule has 0 aromatic carbocycles. The van der Waals surface area contributed by atoms with E-state index in [-0.39, 0.29) is 11.5 Å². The van der Waals surface area contributed by atoms with Gasteiger partial charge in [0.1, 0.15) is 5.54 Å². The number of methoxy groups -OCH3 is 1. The highest BCUT2D eigenvalue weighted by Gasteiger charge is 2.50. The smallest absolute Gasteiger partial charge is 0.326 e. The van der Waals surface area contributed by atoms with Crippen molar-refractivity contribution in [1.29, 1.82) is 0 Å². The third kappa shape index (κ3) is 1.26. The van der Waals surface area contributed by atoms with Crippen LogP contribution in [0.4, 0.5) is 0 Å². The van der Waals surface area contributed by atoms with Gasteiger partial charge in [-0.2, -0.15) is 0 Å². The summed E-state index contributed by atoms with van der Waals surface area (Å²) in [5.41, 5.74) is -0.312. The summed E-state index contributed by atoms with van der Waals surface area (Å²) in [5.74, 6) is 0.483. The third-order valence-corrected chi connectivity index (χ3v) is 3.54. The Morgan fingerprint density at radius 2 is 2.23 bits per heavy atom. The van der Waals surface area contributed by atoms with Crippen LogP contribution >= 0.6 is 0 Å². The van der Waals surface area contributed by atoms with Crippen molar-refractivity contribution in [2.24, 2.45) is 5.92 Å². The van der Waals surface area contributed by atoms with Gasteiger partial charge in [0.25, 0.3) is 0 Å². The second kappa shape index (κ2) is 3.29. The summed E-state index contributed by atoms with van der Waals surface area (Å²) in [6.07, 6.45) is 5.70. The molecular formula is C10H17NO2. The number of esters is 1. The minimum absolute atomic E-state index is 0.0466. The Labute approximate surface area is 78.8 Å². The van der Waals surface area contributed by atoms with E-state index in [4.69, 9.17) is 4.74 Å². The molecule has 3 nitrogen and oxygen atoms in total. The van der Waals surface area contributed by atoms with Gasteiger partial charge in [0, 0.05) is 0 Å². The minimum atomic E-state index is -0.312. The van der Waals surface area contributed by atoms with E-state index < -0.39 is 0 Å². The SMILES string of the molecule is COC(=O)C1(C2CCC2)CCCN1. The molecule has 1 N–H and O–H groups in total. The number of carbonyl (C=O) groups is 1. The van der Waals surface area contributed by atoms with Crippen LogP contribution in [0.1, 0.15) is 32.1 Å². The van der Waals surface area contributed by atoms with Crippen LogP contribution in [0.3, 0.4) is 0 Å². The Kier molecular flexibility index (Phi) is 2.28. The van der Waals surface area contributed by atoms with Gasteiger partial charge >= 0.3 is 5.97 Å². The number of hydrogen-bond donors (Lipinski definition) is 1. The van der Waals surface area contributed by atoms with E-state index in [1.165, 1.54) is 26.4 Å². The maximum Gasteiger partial charge on any atom is 0.326 e. The molecule has 13 heavy (non-hydrogen) atoms. The zero-order chi connectivity index (χ0) is 9.31. The molecule has 0 bridgehead atoms. The quantitative estimate of drug-likeness (QED) is 0.651. The maximum atomic E-state index is 11.7. The van der Waals surface area contributed by atoms with E-state index in [1.807, 2.05) is 0 Å². The second-order valence-corrected chi connectivity index (χ2v) is 4.12. The van der Waals surface area contributed by atoms with Gasteiger partial charge in [-0.3, -0.25) is 4.79 Å². The fourth-order valence-corrected chi connectivity index (χ4v) is 2.54. The number of ether oxygens (including phenoxy) is 1. The monoisotopic (exact) mass is 183 g/mol. The van der Waals surface area contributed by atoms with Crippen molar-refractivity contribution in [1.82, 2.24) is 5.32 Å². The predicted octanol–water partition coefficient (Wildman–Crippen LogP) is 1.08. The van der Waals surface area contributed by atoms with Gasteiger partial charge in [-0.1, -0.05) is 6.42 Å². The molecule has 74 valence electrons. The van der Waals surface area contributed by atoms with Crippen molar-refractivity contribution in [3.05, 3.63) is 0 Å². The summed E-state index contributed by atoms with van der Waals surface area (Å²) in [4.78, 5) is 11.7. The first kappa shape index (κ1) is 9.00. The largest absolute Gasteiger partial charge is 0.468 e. The fourth-order valence-electron chi connectivity index (χ4n) is 2.54. The van der Waals surface area contributed by atoms with Gasteiger partial charge < -0.3 is 10.1 Å². The van der Waals surface area contributed by atoms with Crippen LogP contribution in [0, 0.1) is 5.92 Å². The number of hydrogen-bond acceptors (Lipinski definition) is 3. The fraction of sp³-hybridized carbons (Fsp3) is 0.900. The average Bonchev–Trinajstić information content (AvgIpc) is 2.50. The first-order chi connectivity index (χ1) is 6.29. The second-order valence-electron chi connectivity index (χ2n) is 4.12. The molecule has 2 rings (SSSR count). The van der Waals surface area contributed by atoms with Crippen molar-refractivity contribution in [2.75, 3.05) is 13.7 Å². The van der Waals surface area contributed by atoms with Crippen LogP contribution < -0.4 is 5.32 Å². The molecule has 1 aliphatic carbocycles. The topological polar surface area (TPSA) is 38.3 Å². The standard InChI is InChI=1S/C10H17NO2/c1-13-9(12)10(6-3-7-11-10)8-4-2-5-8/h8,11H,2-7H2,1H3. The van der Waals surface area contributed by atoms with Gasteiger partial charge in [-0.15, -0.1) is 0 Å². The predicted molar refractivity (Wildman–Crippen MR) is 49.3 cm³/mol. The average molecular weight is 183 g/mol. The molecule has 1 unspecified atom stereocenters. The molecule has 1 aliphatic heterocycles. The number of carbonyl (C=O) groups excluding carboxylic acids is 1. The summed E-state index contributed by atoms with van der Waals surface area (Å²) >= 11 is 0. The molecule has 3 heteroatoms. The highest BCUT2D eigenvalue weighted by atomic mass is 16.5. The van der Waals surface area contributed by atoms with Gasteiger partial charge in [0.15, 0.2) is 0 Å². The Morgan fingerprint density at radius 1 is 1.46 bits per heavy atom. The zero-order valence-electron chi connectivity index (χ0n) is 8.14. The molecule has 2 aliphatic rings. The lowest BCUT2D eigenvalue weighted by atomic mass is 9.70. The van der Waals surface area contributed by atoms with Crippen LogP contribution in [0.2, 0.25) is 0 Å². The molecule has 1 saturated heterocycles. The Balaban J connectivity index is 2.13. The van der Waals surface area contributed by atoms with Gasteiger partial charge in [0.2, 0.25) is 0 Å². The molecular weight excluding hydrogens is 166 g/mol. The Morgan fingerprint density at radius 3 is 2.62 bits per heavy atom. The summed E-state index contributed by atoms with van der Waals surface area (Å²) in [6, 6.07) is 0. The molecule has 0 spiro atoms. The van der Waals surface area contributed by atoms with Crippen LogP contribution in [0.15, 0.2) is 0 Å². The van der Waals surface area contributed by atoms with Crippen molar-refractivity contribution < 1.29 is 9.53 Å². The van der Waals surface area contributed by atoms with E-state index in [0.717, 1.165) is 19.4 Å². The normalized spacial score (nSPS) is 34.2.